The van der Waals surface area contributed by atoms with Crippen LogP contribution in [-0.2, 0) is 18.3 Å². The molecule has 1 aromatic heterocycles. The first-order valence-electron chi connectivity index (χ1n) is 5.77. The van der Waals surface area contributed by atoms with Gasteiger partial charge in [0.25, 0.3) is 0 Å². The molecule has 0 radical (unpaired) electrons. The molecule has 5 heteroatoms. The smallest absolute Gasteiger partial charge is 0.144 e. The van der Waals surface area contributed by atoms with Crippen molar-refractivity contribution in [3.63, 3.8) is 0 Å². The molecule has 0 aliphatic rings. The number of halogens is 1. The Morgan fingerprint density at radius 3 is 2.53 bits per heavy atom. The van der Waals surface area contributed by atoms with E-state index < -0.39 is 5.41 Å². The normalized spacial score (nSPS) is 14.7. The van der Waals surface area contributed by atoms with E-state index in [2.05, 4.69) is 5.10 Å². The zero-order valence-electron chi connectivity index (χ0n) is 10.9. The monoisotopic (exact) mass is 257 g/mol. The fourth-order valence-corrected chi connectivity index (χ4v) is 1.95. The van der Waals surface area contributed by atoms with E-state index in [-0.39, 0.29) is 5.78 Å². The van der Waals surface area contributed by atoms with Gasteiger partial charge in [0.2, 0.25) is 0 Å². The Morgan fingerprint density at radius 2 is 2.18 bits per heavy atom. The number of aromatic nitrogens is 2. The van der Waals surface area contributed by atoms with Crippen LogP contribution in [0.15, 0.2) is 0 Å². The van der Waals surface area contributed by atoms with Gasteiger partial charge in [-0.2, -0.15) is 5.10 Å². The summed E-state index contributed by atoms with van der Waals surface area (Å²) in [7, 11) is 1.77. The van der Waals surface area contributed by atoms with Crippen molar-refractivity contribution in [2.45, 2.75) is 33.6 Å². The Kier molecular flexibility index (Phi) is 4.33. The number of carbonyl (C=O) groups excluding carboxylic acids is 1. The number of aryl methyl sites for hydroxylation is 2. The minimum atomic E-state index is -0.467. The third kappa shape index (κ3) is 2.69. The maximum absolute atomic E-state index is 12.2. The Morgan fingerprint density at radius 1 is 1.59 bits per heavy atom. The Hall–Kier alpha value is -0.870. The molecule has 1 unspecified atom stereocenters. The first kappa shape index (κ1) is 14.2. The number of ketones is 1. The first-order chi connectivity index (χ1) is 7.85. The lowest BCUT2D eigenvalue weighted by atomic mass is 9.80. The summed E-state index contributed by atoms with van der Waals surface area (Å²) in [4.78, 5) is 12.2. The molecule has 1 heterocycles. The third-order valence-electron chi connectivity index (χ3n) is 3.51. The maximum Gasteiger partial charge on any atom is 0.144 e. The predicted octanol–water partition coefficient (Wildman–Crippen LogP) is 1.87. The molecule has 0 bridgehead atoms. The van der Waals surface area contributed by atoms with Gasteiger partial charge in [0, 0.05) is 31.0 Å². The zero-order valence-corrected chi connectivity index (χ0v) is 11.6. The second-order valence-electron chi connectivity index (χ2n) is 4.70. The summed E-state index contributed by atoms with van der Waals surface area (Å²) in [5, 5.41) is 4.73. The molecule has 0 amide bonds. The van der Waals surface area contributed by atoms with Crippen LogP contribution in [0.3, 0.4) is 0 Å². The summed E-state index contributed by atoms with van der Waals surface area (Å²) in [5.41, 5.74) is 6.83. The van der Waals surface area contributed by atoms with Gasteiger partial charge in [-0.1, -0.05) is 25.4 Å². The van der Waals surface area contributed by atoms with E-state index in [1.54, 1.807) is 11.7 Å². The number of nitrogens with two attached hydrogens (primary N) is 1. The molecule has 1 rings (SSSR count). The SMILES string of the molecule is CCC(C)(CN)C(=O)Cc1c(C)nn(C)c1Cl. The molecule has 0 aliphatic carbocycles. The van der Waals surface area contributed by atoms with Crippen LogP contribution in [-0.4, -0.2) is 22.1 Å². The molecular weight excluding hydrogens is 238 g/mol. The summed E-state index contributed by atoms with van der Waals surface area (Å²) in [6, 6.07) is 0. The van der Waals surface area contributed by atoms with Crippen molar-refractivity contribution in [1.82, 2.24) is 9.78 Å². The molecule has 0 saturated carbocycles. The quantitative estimate of drug-likeness (QED) is 0.876. The lowest BCUT2D eigenvalue weighted by Crippen LogP contribution is -2.36. The molecule has 2 N–H and O–H groups in total. The van der Waals surface area contributed by atoms with Gasteiger partial charge in [0.15, 0.2) is 0 Å². The average Bonchev–Trinajstić information content (AvgIpc) is 2.54. The van der Waals surface area contributed by atoms with Gasteiger partial charge < -0.3 is 5.73 Å². The third-order valence-corrected chi connectivity index (χ3v) is 3.98. The van der Waals surface area contributed by atoms with Crippen molar-refractivity contribution in [2.24, 2.45) is 18.2 Å². The largest absolute Gasteiger partial charge is 0.329 e. The molecule has 0 aromatic carbocycles. The Labute approximate surface area is 107 Å². The summed E-state index contributed by atoms with van der Waals surface area (Å²) in [5.74, 6) is 0.125. The second kappa shape index (κ2) is 5.19. The van der Waals surface area contributed by atoms with Crippen LogP contribution in [0.5, 0.6) is 0 Å². The highest BCUT2D eigenvalue weighted by Gasteiger charge is 2.30. The second-order valence-corrected chi connectivity index (χ2v) is 5.05. The van der Waals surface area contributed by atoms with Gasteiger partial charge in [-0.25, -0.2) is 0 Å². The number of carbonyl (C=O) groups is 1. The lowest BCUT2D eigenvalue weighted by Gasteiger charge is -2.24. The topological polar surface area (TPSA) is 60.9 Å². The van der Waals surface area contributed by atoms with E-state index in [0.29, 0.717) is 18.1 Å². The highest BCUT2D eigenvalue weighted by molar-refractivity contribution is 6.30. The highest BCUT2D eigenvalue weighted by Crippen LogP contribution is 2.26. The predicted molar refractivity (Wildman–Crippen MR) is 69.1 cm³/mol. The molecule has 96 valence electrons. The summed E-state index contributed by atoms with van der Waals surface area (Å²) in [6.07, 6.45) is 1.04. The fourth-order valence-electron chi connectivity index (χ4n) is 1.70. The van der Waals surface area contributed by atoms with Crippen LogP contribution in [0.25, 0.3) is 0 Å². The van der Waals surface area contributed by atoms with Gasteiger partial charge in [0.05, 0.1) is 5.69 Å². The summed E-state index contributed by atoms with van der Waals surface area (Å²) < 4.78 is 1.59. The van der Waals surface area contributed by atoms with E-state index in [4.69, 9.17) is 17.3 Å². The van der Waals surface area contributed by atoms with Gasteiger partial charge in [0.1, 0.15) is 10.9 Å². The van der Waals surface area contributed by atoms with Crippen molar-refractivity contribution in [3.05, 3.63) is 16.4 Å². The van der Waals surface area contributed by atoms with E-state index in [1.807, 2.05) is 20.8 Å². The lowest BCUT2D eigenvalue weighted by molar-refractivity contribution is -0.126. The first-order valence-corrected chi connectivity index (χ1v) is 6.15. The number of Topliss-reactive ketones (excluding diaryl/α,β-unsaturated/α-hetero) is 1. The van der Waals surface area contributed by atoms with Gasteiger partial charge >= 0.3 is 0 Å². The van der Waals surface area contributed by atoms with E-state index in [0.717, 1.165) is 17.7 Å². The molecule has 17 heavy (non-hydrogen) atoms. The summed E-state index contributed by atoms with van der Waals surface area (Å²) >= 11 is 6.11. The molecular formula is C12H20ClN3O. The Balaban J connectivity index is 2.95. The molecule has 1 aromatic rings. The minimum absolute atomic E-state index is 0.125. The van der Waals surface area contributed by atoms with E-state index >= 15 is 0 Å². The number of hydrogen-bond acceptors (Lipinski definition) is 3. The van der Waals surface area contributed by atoms with Crippen molar-refractivity contribution in [2.75, 3.05) is 6.54 Å². The molecule has 4 nitrogen and oxygen atoms in total. The van der Waals surface area contributed by atoms with Crippen molar-refractivity contribution >= 4 is 17.4 Å². The van der Waals surface area contributed by atoms with Crippen molar-refractivity contribution < 1.29 is 4.79 Å². The van der Waals surface area contributed by atoms with Crippen molar-refractivity contribution in [3.8, 4) is 0 Å². The van der Waals surface area contributed by atoms with Crippen LogP contribution < -0.4 is 5.73 Å². The molecule has 0 aliphatic heterocycles. The highest BCUT2D eigenvalue weighted by atomic mass is 35.5. The number of hydrogen-bond donors (Lipinski definition) is 1. The van der Waals surface area contributed by atoms with Crippen LogP contribution in [0, 0.1) is 12.3 Å². The average molecular weight is 258 g/mol. The number of nitrogens with zero attached hydrogens (tertiary/aromatic N) is 2. The fraction of sp³-hybridized carbons (Fsp3) is 0.667. The summed E-state index contributed by atoms with van der Waals surface area (Å²) in [6.45, 7) is 6.09. The van der Waals surface area contributed by atoms with Crippen LogP contribution in [0.2, 0.25) is 5.15 Å². The standard InChI is InChI=1S/C12H20ClN3O/c1-5-12(3,7-14)10(17)6-9-8(2)15-16(4)11(9)13/h5-7,14H2,1-4H3. The molecule has 1 atom stereocenters. The molecule has 0 spiro atoms. The van der Waals surface area contributed by atoms with E-state index in [9.17, 15) is 4.79 Å². The van der Waals surface area contributed by atoms with Gasteiger partial charge in [-0.15, -0.1) is 0 Å². The molecule has 0 saturated heterocycles. The van der Waals surface area contributed by atoms with Crippen LogP contribution in [0.1, 0.15) is 31.5 Å². The van der Waals surface area contributed by atoms with Crippen LogP contribution in [0.4, 0.5) is 0 Å². The maximum atomic E-state index is 12.2. The Bertz CT molecular complexity index is 422. The van der Waals surface area contributed by atoms with E-state index in [1.165, 1.54) is 0 Å². The molecule has 0 fully saturated rings. The van der Waals surface area contributed by atoms with Crippen LogP contribution >= 0.6 is 11.6 Å². The zero-order chi connectivity index (χ0) is 13.2. The number of rotatable bonds is 5. The van der Waals surface area contributed by atoms with Gasteiger partial charge in [-0.05, 0) is 13.3 Å². The van der Waals surface area contributed by atoms with Gasteiger partial charge in [-0.3, -0.25) is 9.48 Å². The minimum Gasteiger partial charge on any atom is -0.329 e. The van der Waals surface area contributed by atoms with Crippen molar-refractivity contribution in [1.29, 1.82) is 0 Å².